The molecule has 0 atom stereocenters. The molecule has 1 saturated carbocycles. The number of methoxy groups -OCH3 is 1. The molecular formula is C19H30O3S. The van der Waals surface area contributed by atoms with Gasteiger partial charge in [-0.05, 0) is 69.1 Å². The van der Waals surface area contributed by atoms with Crippen molar-refractivity contribution in [2.24, 2.45) is 11.8 Å². The highest BCUT2D eigenvalue weighted by molar-refractivity contribution is 7.91. The smallest absolute Gasteiger partial charge is 0.152 e. The van der Waals surface area contributed by atoms with Gasteiger partial charge >= 0.3 is 0 Å². The Morgan fingerprint density at radius 2 is 1.61 bits per heavy atom. The van der Waals surface area contributed by atoms with E-state index in [0.29, 0.717) is 11.7 Å². The molecule has 0 aliphatic heterocycles. The summed E-state index contributed by atoms with van der Waals surface area (Å²) in [5.74, 6) is 2.41. The van der Waals surface area contributed by atoms with Crippen LogP contribution in [0.4, 0.5) is 0 Å². The first kappa shape index (κ1) is 18.3. The third kappa shape index (κ3) is 5.52. The van der Waals surface area contributed by atoms with Crippen LogP contribution in [0.3, 0.4) is 0 Å². The monoisotopic (exact) mass is 338 g/mol. The minimum atomic E-state index is -2.89. The highest BCUT2D eigenvalue weighted by Gasteiger charge is 2.27. The first-order chi connectivity index (χ1) is 10.9. The van der Waals surface area contributed by atoms with Crippen molar-refractivity contribution < 1.29 is 13.2 Å². The van der Waals surface area contributed by atoms with E-state index in [4.69, 9.17) is 4.74 Å². The molecule has 0 spiro atoms. The van der Waals surface area contributed by atoms with Crippen LogP contribution in [0.15, 0.2) is 24.3 Å². The van der Waals surface area contributed by atoms with Gasteiger partial charge in [0.1, 0.15) is 5.75 Å². The fourth-order valence-corrected chi connectivity index (χ4v) is 4.75. The number of rotatable bonds is 7. The molecule has 1 aliphatic rings. The number of hydrogen-bond acceptors (Lipinski definition) is 3. The van der Waals surface area contributed by atoms with E-state index in [9.17, 15) is 8.42 Å². The Kier molecular flexibility index (Phi) is 6.51. The van der Waals surface area contributed by atoms with E-state index in [1.165, 1.54) is 24.8 Å². The standard InChI is InChI=1S/C19H30O3S/c1-15(2)23(20,21)14-18-8-6-16(7-9-18)4-5-17-10-12-19(22-3)13-11-17/h10-13,15-16,18H,4-9,14H2,1-3H3. The third-order valence-electron chi connectivity index (χ3n) is 5.15. The SMILES string of the molecule is COc1ccc(CCC2CCC(CS(=O)(=O)C(C)C)CC2)cc1. The van der Waals surface area contributed by atoms with Gasteiger partial charge in [-0.25, -0.2) is 8.42 Å². The normalized spacial score (nSPS) is 22.3. The third-order valence-corrected chi connectivity index (χ3v) is 7.53. The quantitative estimate of drug-likeness (QED) is 0.746. The molecule has 23 heavy (non-hydrogen) atoms. The topological polar surface area (TPSA) is 43.4 Å². The Balaban J connectivity index is 1.74. The lowest BCUT2D eigenvalue weighted by Crippen LogP contribution is -2.26. The van der Waals surface area contributed by atoms with Crippen molar-refractivity contribution in [3.05, 3.63) is 29.8 Å². The van der Waals surface area contributed by atoms with Crippen molar-refractivity contribution in [1.29, 1.82) is 0 Å². The second-order valence-electron chi connectivity index (χ2n) is 7.15. The lowest BCUT2D eigenvalue weighted by atomic mass is 9.80. The predicted octanol–water partition coefficient (Wildman–Crippen LogP) is 4.26. The fourth-order valence-electron chi connectivity index (χ4n) is 3.37. The van der Waals surface area contributed by atoms with Crippen molar-refractivity contribution in [2.45, 2.75) is 57.6 Å². The molecule has 1 aromatic rings. The summed E-state index contributed by atoms with van der Waals surface area (Å²) < 4.78 is 29.2. The molecule has 4 heteroatoms. The summed E-state index contributed by atoms with van der Waals surface area (Å²) in [7, 11) is -1.20. The number of aryl methyl sites for hydroxylation is 1. The second kappa shape index (κ2) is 8.18. The average Bonchev–Trinajstić information content (AvgIpc) is 2.54. The zero-order chi connectivity index (χ0) is 16.9. The zero-order valence-electron chi connectivity index (χ0n) is 14.6. The van der Waals surface area contributed by atoms with Gasteiger partial charge in [-0.3, -0.25) is 0 Å². The highest BCUT2D eigenvalue weighted by Crippen LogP contribution is 2.33. The summed E-state index contributed by atoms with van der Waals surface area (Å²) in [6.45, 7) is 3.58. The molecule has 0 bridgehead atoms. The Hall–Kier alpha value is -1.03. The molecule has 3 nitrogen and oxygen atoms in total. The van der Waals surface area contributed by atoms with Gasteiger partial charge in [-0.2, -0.15) is 0 Å². The van der Waals surface area contributed by atoms with Gasteiger partial charge in [0.15, 0.2) is 9.84 Å². The van der Waals surface area contributed by atoms with Crippen LogP contribution < -0.4 is 4.74 Å². The number of ether oxygens (including phenoxy) is 1. The van der Waals surface area contributed by atoms with Gasteiger partial charge in [0.2, 0.25) is 0 Å². The molecular weight excluding hydrogens is 308 g/mol. The van der Waals surface area contributed by atoms with Crippen LogP contribution in [0.5, 0.6) is 5.75 Å². The summed E-state index contributed by atoms with van der Waals surface area (Å²) in [6.07, 6.45) is 6.79. The van der Waals surface area contributed by atoms with Gasteiger partial charge in [0.05, 0.1) is 18.1 Å². The minimum absolute atomic E-state index is 0.240. The maximum atomic E-state index is 12.0. The summed E-state index contributed by atoms with van der Waals surface area (Å²) in [6, 6.07) is 8.31. The largest absolute Gasteiger partial charge is 0.497 e. The Morgan fingerprint density at radius 3 is 2.13 bits per heavy atom. The van der Waals surface area contributed by atoms with Gasteiger partial charge < -0.3 is 4.74 Å². The van der Waals surface area contributed by atoms with E-state index in [1.807, 2.05) is 12.1 Å². The van der Waals surface area contributed by atoms with Crippen molar-refractivity contribution in [3.8, 4) is 5.75 Å². The molecule has 130 valence electrons. The Labute approximate surface area is 141 Å². The maximum Gasteiger partial charge on any atom is 0.152 e. The molecule has 1 fully saturated rings. The first-order valence-corrected chi connectivity index (χ1v) is 10.5. The van der Waals surface area contributed by atoms with E-state index >= 15 is 0 Å². The maximum absolute atomic E-state index is 12.0. The summed E-state index contributed by atoms with van der Waals surface area (Å²) in [5, 5.41) is -0.240. The van der Waals surface area contributed by atoms with Gasteiger partial charge in [0, 0.05) is 0 Å². The van der Waals surface area contributed by atoms with Gasteiger partial charge in [-0.15, -0.1) is 0 Å². The van der Waals surface area contributed by atoms with E-state index in [2.05, 4.69) is 12.1 Å². The van der Waals surface area contributed by atoms with Crippen LogP contribution in [-0.2, 0) is 16.3 Å². The van der Waals surface area contributed by atoms with E-state index in [0.717, 1.165) is 30.9 Å². The minimum Gasteiger partial charge on any atom is -0.497 e. The summed E-state index contributed by atoms with van der Waals surface area (Å²) in [4.78, 5) is 0. The highest BCUT2D eigenvalue weighted by atomic mass is 32.2. The number of hydrogen-bond donors (Lipinski definition) is 0. The molecule has 0 N–H and O–H groups in total. The average molecular weight is 339 g/mol. The molecule has 0 saturated heterocycles. The molecule has 2 rings (SSSR count). The van der Waals surface area contributed by atoms with Crippen molar-refractivity contribution in [1.82, 2.24) is 0 Å². The zero-order valence-corrected chi connectivity index (χ0v) is 15.4. The molecule has 0 unspecified atom stereocenters. The van der Waals surface area contributed by atoms with Crippen molar-refractivity contribution >= 4 is 9.84 Å². The fraction of sp³-hybridized carbons (Fsp3) is 0.684. The van der Waals surface area contributed by atoms with Crippen LogP contribution in [-0.4, -0.2) is 26.5 Å². The van der Waals surface area contributed by atoms with Crippen molar-refractivity contribution in [2.75, 3.05) is 12.9 Å². The van der Waals surface area contributed by atoms with Crippen LogP contribution >= 0.6 is 0 Å². The number of benzene rings is 1. The summed E-state index contributed by atoms with van der Waals surface area (Å²) >= 11 is 0. The molecule has 0 amide bonds. The van der Waals surface area contributed by atoms with Crippen LogP contribution in [0, 0.1) is 11.8 Å². The van der Waals surface area contributed by atoms with E-state index < -0.39 is 9.84 Å². The van der Waals surface area contributed by atoms with Crippen molar-refractivity contribution in [3.63, 3.8) is 0 Å². The van der Waals surface area contributed by atoms with E-state index in [1.54, 1.807) is 21.0 Å². The van der Waals surface area contributed by atoms with Crippen LogP contribution in [0.25, 0.3) is 0 Å². The first-order valence-electron chi connectivity index (χ1n) is 8.75. The molecule has 1 aromatic carbocycles. The lowest BCUT2D eigenvalue weighted by Gasteiger charge is -2.28. The molecule has 1 aliphatic carbocycles. The van der Waals surface area contributed by atoms with Crippen LogP contribution in [0.1, 0.15) is 51.5 Å². The second-order valence-corrected chi connectivity index (χ2v) is 9.75. The molecule has 0 aromatic heterocycles. The van der Waals surface area contributed by atoms with Gasteiger partial charge in [-0.1, -0.05) is 25.0 Å². The Morgan fingerprint density at radius 1 is 1.04 bits per heavy atom. The number of sulfone groups is 1. The Bertz CT molecular complexity index is 567. The van der Waals surface area contributed by atoms with E-state index in [-0.39, 0.29) is 5.25 Å². The predicted molar refractivity (Wildman–Crippen MR) is 95.7 cm³/mol. The molecule has 0 radical (unpaired) electrons. The lowest BCUT2D eigenvalue weighted by molar-refractivity contribution is 0.278. The van der Waals surface area contributed by atoms with Crippen LogP contribution in [0.2, 0.25) is 0 Å². The summed E-state index contributed by atoms with van der Waals surface area (Å²) in [5.41, 5.74) is 1.36. The van der Waals surface area contributed by atoms with Gasteiger partial charge in [0.25, 0.3) is 0 Å². The molecule has 0 heterocycles.